The molecular weight excluding hydrogens is 506 g/mol. The first-order valence-corrected chi connectivity index (χ1v) is 11.4. The molecule has 0 aliphatic carbocycles. The van der Waals surface area contributed by atoms with Crippen LogP contribution in [0.4, 0.5) is 10.5 Å². The van der Waals surface area contributed by atoms with Crippen LogP contribution < -0.4 is 10.2 Å². The van der Waals surface area contributed by atoms with E-state index in [0.717, 1.165) is 37.6 Å². The van der Waals surface area contributed by atoms with Crippen LogP contribution in [-0.4, -0.2) is 22.4 Å². The summed E-state index contributed by atoms with van der Waals surface area (Å²) in [5, 5.41) is 2.93. The molecule has 2 aromatic carbocycles. The Balaban J connectivity index is 1.79. The highest BCUT2D eigenvalue weighted by Gasteiger charge is 2.37. The molecule has 0 radical (unpaired) electrons. The maximum absolute atomic E-state index is 13.3. The number of halogens is 2. The monoisotopic (exact) mass is 525 g/mol. The number of benzene rings is 2. The molecule has 8 heteroatoms. The maximum Gasteiger partial charge on any atom is 0.335 e. The van der Waals surface area contributed by atoms with Gasteiger partial charge in [-0.3, -0.25) is 14.9 Å². The molecule has 0 saturated carbocycles. The Hall–Kier alpha value is -3.16. The third-order valence-electron chi connectivity index (χ3n) is 5.75. The molecule has 1 aliphatic rings. The number of carbonyl (C=O) groups is 3. The Kier molecular flexibility index (Phi) is 6.03. The van der Waals surface area contributed by atoms with Crippen molar-refractivity contribution < 1.29 is 14.4 Å². The van der Waals surface area contributed by atoms with Gasteiger partial charge in [-0.15, -0.1) is 0 Å². The molecule has 6 nitrogen and oxygen atoms in total. The van der Waals surface area contributed by atoms with Crippen molar-refractivity contribution in [2.24, 2.45) is 0 Å². The molecule has 3 aromatic rings. The normalized spacial score (nSPS) is 15.4. The minimum Gasteiger partial charge on any atom is -0.318 e. The minimum absolute atomic E-state index is 0.113. The number of urea groups is 1. The van der Waals surface area contributed by atoms with Gasteiger partial charge in [0.15, 0.2) is 0 Å². The first kappa shape index (κ1) is 23.0. The Morgan fingerprint density at radius 1 is 1.00 bits per heavy atom. The van der Waals surface area contributed by atoms with Gasteiger partial charge in [-0.1, -0.05) is 33.6 Å². The quantitative estimate of drug-likeness (QED) is 0.347. The smallest absolute Gasteiger partial charge is 0.318 e. The third kappa shape index (κ3) is 4.03. The number of carbonyl (C=O) groups excluding carboxylic acids is 3. The fourth-order valence-electron chi connectivity index (χ4n) is 3.96. The number of rotatable bonds is 3. The largest absolute Gasteiger partial charge is 0.335 e. The van der Waals surface area contributed by atoms with Crippen molar-refractivity contribution in [2.75, 3.05) is 4.90 Å². The third-order valence-corrected chi connectivity index (χ3v) is 7.05. The Labute approximate surface area is 205 Å². The second-order valence-corrected chi connectivity index (χ2v) is 9.20. The van der Waals surface area contributed by atoms with E-state index in [1.165, 1.54) is 6.08 Å². The number of hydrogen-bond donors (Lipinski definition) is 1. The molecule has 0 spiro atoms. The van der Waals surface area contributed by atoms with Crippen molar-refractivity contribution in [3.05, 3.63) is 85.6 Å². The van der Waals surface area contributed by atoms with Gasteiger partial charge in [-0.25, -0.2) is 9.69 Å². The van der Waals surface area contributed by atoms with Crippen LogP contribution in [0.2, 0.25) is 5.02 Å². The fourth-order valence-corrected chi connectivity index (χ4v) is 4.37. The predicted molar refractivity (Wildman–Crippen MR) is 133 cm³/mol. The van der Waals surface area contributed by atoms with E-state index in [1.807, 2.05) is 56.5 Å². The summed E-state index contributed by atoms with van der Waals surface area (Å²) in [6.45, 7) is 7.65. The van der Waals surface area contributed by atoms with Gasteiger partial charge in [-0.05, 0) is 86.9 Å². The van der Waals surface area contributed by atoms with Crippen LogP contribution >= 0.6 is 27.5 Å². The molecule has 2 heterocycles. The van der Waals surface area contributed by atoms with Gasteiger partial charge in [0.1, 0.15) is 5.57 Å². The number of hydrogen-bond acceptors (Lipinski definition) is 3. The molecule has 0 unspecified atom stereocenters. The molecule has 1 saturated heterocycles. The van der Waals surface area contributed by atoms with Gasteiger partial charge >= 0.3 is 6.03 Å². The van der Waals surface area contributed by atoms with Crippen LogP contribution in [0, 0.1) is 27.7 Å². The molecule has 0 atom stereocenters. The summed E-state index contributed by atoms with van der Waals surface area (Å²) in [7, 11) is 0. The van der Waals surface area contributed by atoms with Crippen LogP contribution in [-0.2, 0) is 9.59 Å². The van der Waals surface area contributed by atoms with Crippen molar-refractivity contribution in [3.8, 4) is 5.69 Å². The lowest BCUT2D eigenvalue weighted by Gasteiger charge is -2.26. The number of nitrogens with one attached hydrogen (secondary N) is 1. The zero-order valence-electron chi connectivity index (χ0n) is 18.5. The van der Waals surface area contributed by atoms with E-state index in [2.05, 4.69) is 21.2 Å². The van der Waals surface area contributed by atoms with Crippen molar-refractivity contribution >= 4 is 57.1 Å². The second kappa shape index (κ2) is 8.65. The first-order valence-electron chi connectivity index (χ1n) is 10.2. The number of aromatic nitrogens is 1. The van der Waals surface area contributed by atoms with E-state index in [-0.39, 0.29) is 5.57 Å². The average Bonchev–Trinajstić information content (AvgIpc) is 3.03. The van der Waals surface area contributed by atoms with Crippen LogP contribution in [0.25, 0.3) is 11.8 Å². The number of amides is 4. The Morgan fingerprint density at radius 3 is 2.42 bits per heavy atom. The van der Waals surface area contributed by atoms with Crippen LogP contribution in [0.1, 0.15) is 28.1 Å². The minimum atomic E-state index is -0.774. The predicted octanol–water partition coefficient (Wildman–Crippen LogP) is 5.79. The lowest BCUT2D eigenvalue weighted by Crippen LogP contribution is -2.54. The molecule has 4 amide bonds. The van der Waals surface area contributed by atoms with Crippen molar-refractivity contribution in [2.45, 2.75) is 27.7 Å². The van der Waals surface area contributed by atoms with Gasteiger partial charge in [-0.2, -0.15) is 0 Å². The molecule has 1 N–H and O–H groups in total. The van der Waals surface area contributed by atoms with E-state index in [0.29, 0.717) is 16.3 Å². The zero-order valence-corrected chi connectivity index (χ0v) is 20.8. The molecule has 1 fully saturated rings. The topological polar surface area (TPSA) is 71.4 Å². The molecule has 33 heavy (non-hydrogen) atoms. The van der Waals surface area contributed by atoms with Gasteiger partial charge in [0, 0.05) is 26.6 Å². The summed E-state index contributed by atoms with van der Waals surface area (Å²) in [4.78, 5) is 39.4. The average molecular weight is 527 g/mol. The standard InChI is InChI=1S/C25H21BrClN3O3/c1-13-10-18(8-9-20(13)26)30-24(32)19(23(31)28-25(30)33)12-17-11-14(2)29(16(17)4)22-7-5-6-21(27)15(22)3/h5-12H,1-4H3,(H,28,31,33)/b19-12+. The van der Waals surface area contributed by atoms with E-state index in [1.54, 1.807) is 18.2 Å². The number of barbiturate groups is 1. The van der Waals surface area contributed by atoms with E-state index in [9.17, 15) is 14.4 Å². The number of anilines is 1. The number of nitrogens with zero attached hydrogens (tertiary/aromatic N) is 2. The molecule has 4 rings (SSSR count). The molecule has 168 valence electrons. The lowest BCUT2D eigenvalue weighted by atomic mass is 10.1. The van der Waals surface area contributed by atoms with Gasteiger partial charge in [0.05, 0.1) is 5.69 Å². The van der Waals surface area contributed by atoms with Crippen LogP contribution in [0.3, 0.4) is 0 Å². The zero-order chi connectivity index (χ0) is 24.0. The summed E-state index contributed by atoms with van der Waals surface area (Å²) in [5.74, 6) is -1.40. The second-order valence-electron chi connectivity index (χ2n) is 7.94. The van der Waals surface area contributed by atoms with Gasteiger partial charge < -0.3 is 4.57 Å². The van der Waals surface area contributed by atoms with Gasteiger partial charge in [0.25, 0.3) is 11.8 Å². The summed E-state index contributed by atoms with van der Waals surface area (Å²) in [5.41, 5.74) is 5.44. The summed E-state index contributed by atoms with van der Waals surface area (Å²) in [6, 6.07) is 11.9. The molecular formula is C25H21BrClN3O3. The maximum atomic E-state index is 13.3. The molecule has 1 aromatic heterocycles. The Bertz CT molecular complexity index is 1370. The fraction of sp³-hybridized carbons (Fsp3) is 0.160. The lowest BCUT2D eigenvalue weighted by molar-refractivity contribution is -0.122. The van der Waals surface area contributed by atoms with Gasteiger partial charge in [0.2, 0.25) is 0 Å². The Morgan fingerprint density at radius 2 is 1.73 bits per heavy atom. The highest BCUT2D eigenvalue weighted by molar-refractivity contribution is 9.10. The van der Waals surface area contributed by atoms with E-state index < -0.39 is 17.8 Å². The SMILES string of the molecule is Cc1cc(N2C(=O)NC(=O)/C(=C\c3cc(C)n(-c4cccc(Cl)c4C)c3C)C2=O)ccc1Br. The summed E-state index contributed by atoms with van der Waals surface area (Å²) >= 11 is 9.73. The number of imide groups is 2. The van der Waals surface area contributed by atoms with Crippen LogP contribution in [0.15, 0.2) is 52.5 Å². The van der Waals surface area contributed by atoms with E-state index in [4.69, 9.17) is 11.6 Å². The van der Waals surface area contributed by atoms with Crippen LogP contribution in [0.5, 0.6) is 0 Å². The van der Waals surface area contributed by atoms with Crippen molar-refractivity contribution in [1.82, 2.24) is 9.88 Å². The summed E-state index contributed by atoms with van der Waals surface area (Å²) in [6.07, 6.45) is 1.53. The molecule has 0 bridgehead atoms. The highest BCUT2D eigenvalue weighted by atomic mass is 79.9. The van der Waals surface area contributed by atoms with Crippen molar-refractivity contribution in [1.29, 1.82) is 0 Å². The number of aryl methyl sites for hydroxylation is 2. The highest BCUT2D eigenvalue weighted by Crippen LogP contribution is 2.30. The summed E-state index contributed by atoms with van der Waals surface area (Å²) < 4.78 is 2.88. The first-order chi connectivity index (χ1) is 15.6. The molecule has 1 aliphatic heterocycles. The van der Waals surface area contributed by atoms with Crippen molar-refractivity contribution in [3.63, 3.8) is 0 Å². The van der Waals surface area contributed by atoms with E-state index >= 15 is 0 Å².